The number of aryl methyl sites for hydroxylation is 2. The van der Waals surface area contributed by atoms with E-state index in [0.29, 0.717) is 13.2 Å². The smallest absolute Gasteiger partial charge is 0.134 e. The topological polar surface area (TPSA) is 70.6 Å². The highest BCUT2D eigenvalue weighted by atomic mass is 16.5. The predicted octanol–water partition coefficient (Wildman–Crippen LogP) is 1.67. The van der Waals surface area contributed by atoms with Crippen LogP contribution in [0.3, 0.4) is 0 Å². The summed E-state index contributed by atoms with van der Waals surface area (Å²) in [5.41, 5.74) is 2.35. The molecule has 130 valence electrons. The summed E-state index contributed by atoms with van der Waals surface area (Å²) < 4.78 is 11.4. The predicted molar refractivity (Wildman–Crippen MR) is 91.0 cm³/mol. The average Bonchev–Trinajstić information content (AvgIpc) is 2.86. The molecule has 1 aliphatic heterocycles. The third-order valence-electron chi connectivity index (χ3n) is 4.30. The summed E-state index contributed by atoms with van der Waals surface area (Å²) in [6.07, 6.45) is 1.84. The van der Waals surface area contributed by atoms with Gasteiger partial charge in [-0.15, -0.1) is 0 Å². The van der Waals surface area contributed by atoms with Crippen molar-refractivity contribution in [1.29, 1.82) is 0 Å². The minimum absolute atomic E-state index is 0.205. The molecule has 2 N–H and O–H groups in total. The maximum Gasteiger partial charge on any atom is 0.134 e. The number of β-amino-alcohol motifs (C(OH)–C–C–N with tert-alkyl or cyclic N) is 1. The van der Waals surface area contributed by atoms with Crippen LogP contribution in [-0.4, -0.2) is 58.7 Å². The number of aromatic amines is 1. The Morgan fingerprint density at radius 2 is 2.12 bits per heavy atom. The van der Waals surface area contributed by atoms with E-state index in [1.54, 1.807) is 0 Å². The zero-order valence-electron chi connectivity index (χ0n) is 14.3. The van der Waals surface area contributed by atoms with Crippen LogP contribution in [0.2, 0.25) is 0 Å². The number of H-pyrrole nitrogens is 1. The van der Waals surface area contributed by atoms with Gasteiger partial charge >= 0.3 is 0 Å². The van der Waals surface area contributed by atoms with E-state index in [4.69, 9.17) is 9.47 Å². The van der Waals surface area contributed by atoms with Gasteiger partial charge in [0, 0.05) is 30.9 Å². The lowest BCUT2D eigenvalue weighted by molar-refractivity contribution is -0.0646. The lowest BCUT2D eigenvalue weighted by Crippen LogP contribution is -2.48. The van der Waals surface area contributed by atoms with Gasteiger partial charge in [0.1, 0.15) is 18.0 Å². The summed E-state index contributed by atoms with van der Waals surface area (Å²) >= 11 is 0. The van der Waals surface area contributed by atoms with E-state index < -0.39 is 5.60 Å². The monoisotopic (exact) mass is 331 g/mol. The van der Waals surface area contributed by atoms with Crippen molar-refractivity contribution in [3.8, 4) is 5.75 Å². The number of ether oxygens (including phenoxy) is 2. The Hall–Kier alpha value is -1.89. The third kappa shape index (κ3) is 4.35. The molecule has 24 heavy (non-hydrogen) atoms. The van der Waals surface area contributed by atoms with Gasteiger partial charge in [-0.1, -0.05) is 17.7 Å². The maximum atomic E-state index is 10.9. The van der Waals surface area contributed by atoms with Gasteiger partial charge in [-0.3, -0.25) is 10.00 Å². The van der Waals surface area contributed by atoms with Crippen molar-refractivity contribution < 1.29 is 14.6 Å². The van der Waals surface area contributed by atoms with Gasteiger partial charge < -0.3 is 14.6 Å². The van der Waals surface area contributed by atoms with Crippen LogP contribution in [0.5, 0.6) is 5.75 Å². The molecule has 0 amide bonds. The molecule has 1 fully saturated rings. The molecule has 1 aromatic heterocycles. The molecule has 0 saturated carbocycles. The van der Waals surface area contributed by atoms with Crippen LogP contribution < -0.4 is 4.74 Å². The average molecular weight is 331 g/mol. The summed E-state index contributed by atoms with van der Waals surface area (Å²) in [4.78, 5) is 2.18. The van der Waals surface area contributed by atoms with Crippen molar-refractivity contribution in [2.24, 2.45) is 0 Å². The number of hydrogen-bond acceptors (Lipinski definition) is 5. The standard InChI is InChI=1S/C18H25N3O3/c1-14-3-5-17(6-4-14)24-13-18(22)11-21(7-8-23-12-18)10-16-9-19-20-15(16)2/h3-6,9,22H,7-8,10-13H2,1-2H3,(H,19,20). The van der Waals surface area contributed by atoms with Crippen molar-refractivity contribution in [3.05, 3.63) is 47.3 Å². The van der Waals surface area contributed by atoms with E-state index in [1.807, 2.05) is 44.3 Å². The minimum Gasteiger partial charge on any atom is -0.490 e. The third-order valence-corrected chi connectivity index (χ3v) is 4.30. The largest absolute Gasteiger partial charge is 0.490 e. The highest BCUT2D eigenvalue weighted by molar-refractivity contribution is 5.26. The Labute approximate surface area is 142 Å². The fraction of sp³-hybridized carbons (Fsp3) is 0.500. The SMILES string of the molecule is Cc1ccc(OCC2(O)COCCN(Cc3cn[nH]c3C)C2)cc1. The van der Waals surface area contributed by atoms with Gasteiger partial charge in [0.15, 0.2) is 0 Å². The molecule has 1 atom stereocenters. The Kier molecular flexibility index (Phi) is 5.18. The summed E-state index contributed by atoms with van der Waals surface area (Å²) in [6, 6.07) is 7.83. The second kappa shape index (κ2) is 7.34. The van der Waals surface area contributed by atoms with E-state index in [9.17, 15) is 5.11 Å². The van der Waals surface area contributed by atoms with Crippen LogP contribution in [0.15, 0.2) is 30.5 Å². The molecule has 0 bridgehead atoms. The highest BCUT2D eigenvalue weighted by Gasteiger charge is 2.33. The van der Waals surface area contributed by atoms with Crippen molar-refractivity contribution in [1.82, 2.24) is 15.1 Å². The number of hydrogen-bond donors (Lipinski definition) is 2. The second-order valence-corrected chi connectivity index (χ2v) is 6.61. The van der Waals surface area contributed by atoms with Gasteiger partial charge in [0.25, 0.3) is 0 Å². The highest BCUT2D eigenvalue weighted by Crippen LogP contribution is 2.19. The van der Waals surface area contributed by atoms with E-state index in [1.165, 1.54) is 5.56 Å². The van der Waals surface area contributed by atoms with Crippen molar-refractivity contribution in [3.63, 3.8) is 0 Å². The van der Waals surface area contributed by atoms with Crippen LogP contribution >= 0.6 is 0 Å². The van der Waals surface area contributed by atoms with E-state index >= 15 is 0 Å². The first-order chi connectivity index (χ1) is 11.5. The van der Waals surface area contributed by atoms with Crippen LogP contribution in [0, 0.1) is 13.8 Å². The Balaban J connectivity index is 1.62. The van der Waals surface area contributed by atoms with Gasteiger partial charge in [0.05, 0.1) is 19.4 Å². The number of aromatic nitrogens is 2. The fourth-order valence-electron chi connectivity index (χ4n) is 2.85. The Morgan fingerprint density at radius 1 is 1.33 bits per heavy atom. The summed E-state index contributed by atoms with van der Waals surface area (Å²) in [5.74, 6) is 0.760. The van der Waals surface area contributed by atoms with E-state index in [0.717, 1.165) is 30.1 Å². The molecular formula is C18H25N3O3. The lowest BCUT2D eigenvalue weighted by atomic mass is 10.1. The number of nitrogens with zero attached hydrogens (tertiary/aromatic N) is 2. The van der Waals surface area contributed by atoms with Crippen LogP contribution in [0.1, 0.15) is 16.8 Å². The van der Waals surface area contributed by atoms with Gasteiger partial charge in [-0.05, 0) is 26.0 Å². The minimum atomic E-state index is -1.03. The zero-order chi connectivity index (χ0) is 17.0. The summed E-state index contributed by atoms with van der Waals surface area (Å²) in [5, 5.41) is 17.9. The van der Waals surface area contributed by atoms with Crippen molar-refractivity contribution >= 4 is 0 Å². The van der Waals surface area contributed by atoms with E-state index in [2.05, 4.69) is 15.1 Å². The van der Waals surface area contributed by atoms with E-state index in [-0.39, 0.29) is 13.2 Å². The number of aliphatic hydroxyl groups is 1. The Morgan fingerprint density at radius 3 is 2.83 bits per heavy atom. The van der Waals surface area contributed by atoms with Crippen molar-refractivity contribution in [2.45, 2.75) is 26.0 Å². The van der Waals surface area contributed by atoms with Gasteiger partial charge in [-0.25, -0.2) is 0 Å². The second-order valence-electron chi connectivity index (χ2n) is 6.61. The van der Waals surface area contributed by atoms with Crippen molar-refractivity contribution in [2.75, 3.05) is 32.9 Å². The van der Waals surface area contributed by atoms with Crippen LogP contribution in [0.4, 0.5) is 0 Å². The lowest BCUT2D eigenvalue weighted by Gasteiger charge is -2.30. The summed E-state index contributed by atoms with van der Waals surface area (Å²) in [6.45, 7) is 7.13. The number of benzene rings is 1. The fourth-order valence-corrected chi connectivity index (χ4v) is 2.85. The molecular weight excluding hydrogens is 306 g/mol. The quantitative estimate of drug-likeness (QED) is 0.872. The molecule has 0 aliphatic carbocycles. The zero-order valence-corrected chi connectivity index (χ0v) is 14.3. The van der Waals surface area contributed by atoms with Crippen LogP contribution in [0.25, 0.3) is 0 Å². The molecule has 0 radical (unpaired) electrons. The number of nitrogens with one attached hydrogen (secondary N) is 1. The first-order valence-corrected chi connectivity index (χ1v) is 8.25. The molecule has 2 aromatic rings. The normalized spacial score (nSPS) is 22.3. The first-order valence-electron chi connectivity index (χ1n) is 8.25. The van der Waals surface area contributed by atoms with Crippen LogP contribution in [-0.2, 0) is 11.3 Å². The van der Waals surface area contributed by atoms with Gasteiger partial charge in [-0.2, -0.15) is 5.10 Å². The molecule has 1 aromatic carbocycles. The molecule has 1 aliphatic rings. The molecule has 1 unspecified atom stereocenters. The molecule has 6 heteroatoms. The molecule has 2 heterocycles. The molecule has 0 spiro atoms. The first kappa shape index (κ1) is 17.0. The van der Waals surface area contributed by atoms with Gasteiger partial charge in [0.2, 0.25) is 0 Å². The molecule has 3 rings (SSSR count). The maximum absolute atomic E-state index is 10.9. The summed E-state index contributed by atoms with van der Waals surface area (Å²) in [7, 11) is 0. The number of rotatable bonds is 5. The Bertz CT molecular complexity index is 656. The molecule has 6 nitrogen and oxygen atoms in total. The molecule has 1 saturated heterocycles.